The number of hydrogen-bond donors (Lipinski definition) is 1. The zero-order chi connectivity index (χ0) is 42.3. The summed E-state index contributed by atoms with van der Waals surface area (Å²) in [7, 11) is 1.51. The number of anilines is 1. The molecule has 62 heavy (non-hydrogen) atoms. The van der Waals surface area contributed by atoms with E-state index in [9.17, 15) is 4.79 Å². The molecular weight excluding hydrogens is 793 g/mol. The van der Waals surface area contributed by atoms with Crippen molar-refractivity contribution in [3.05, 3.63) is 139 Å². The monoisotopic (exact) mass is 843 g/mol. The number of rotatable bonds is 10. The number of carbonyl (C=O) groups is 2. The largest absolute Gasteiger partial charge is 0.456 e. The molecule has 0 atom stereocenters. The molecule has 0 saturated heterocycles. The van der Waals surface area contributed by atoms with E-state index in [0.717, 1.165) is 106 Å². The zero-order valence-electron chi connectivity index (χ0n) is 35.5. The molecule has 8 nitrogen and oxygen atoms in total. The molecule has 0 fully saturated rings. The Kier molecular flexibility index (Phi) is 11.1. The first kappa shape index (κ1) is 40.3. The molecule has 4 heterocycles. The number of nitrogens with zero attached hydrogens (tertiary/aromatic N) is 2. The van der Waals surface area contributed by atoms with Gasteiger partial charge in [-0.2, -0.15) is 0 Å². The summed E-state index contributed by atoms with van der Waals surface area (Å²) in [5.41, 5.74) is 14.3. The van der Waals surface area contributed by atoms with Crippen LogP contribution in [0, 0.1) is 11.8 Å². The van der Waals surface area contributed by atoms with Crippen LogP contribution in [0.5, 0.6) is 11.5 Å². The Labute approximate surface area is 368 Å². The SMILES string of the molecule is CC#CCOC(=O)Cc1c(S)c(Oc2ccccc2)c(-c2ccccc2)c(C(=O)OCOC)c1C1=c2cc3c4c(c2Cc2c1cc1c5c2CCCN5CCC1)CCC[N+]=4CCC3. The highest BCUT2D eigenvalue weighted by molar-refractivity contribution is 7.80. The van der Waals surface area contributed by atoms with Gasteiger partial charge in [0.1, 0.15) is 24.6 Å². The molecule has 5 aromatic carbocycles. The summed E-state index contributed by atoms with van der Waals surface area (Å²) in [6.07, 6.45) is 8.93. The van der Waals surface area contributed by atoms with Gasteiger partial charge in [0.05, 0.1) is 16.9 Å². The van der Waals surface area contributed by atoms with Crippen molar-refractivity contribution >= 4 is 35.8 Å². The van der Waals surface area contributed by atoms with E-state index >= 15 is 4.79 Å². The van der Waals surface area contributed by atoms with Crippen molar-refractivity contribution in [2.45, 2.75) is 76.0 Å². The van der Waals surface area contributed by atoms with Crippen LogP contribution in [0.1, 0.15) is 93.0 Å². The molecule has 4 aliphatic heterocycles. The molecule has 5 aliphatic rings. The molecule has 0 aromatic heterocycles. The molecule has 0 bridgehead atoms. The van der Waals surface area contributed by atoms with Gasteiger partial charge in [-0.05, 0) is 126 Å². The van der Waals surface area contributed by atoms with E-state index in [4.69, 9.17) is 31.6 Å². The van der Waals surface area contributed by atoms with E-state index in [1.54, 1.807) is 6.92 Å². The molecule has 10 rings (SSSR count). The molecule has 0 saturated carbocycles. The van der Waals surface area contributed by atoms with Crippen LogP contribution in [0.15, 0.2) is 77.7 Å². The Morgan fingerprint density at radius 2 is 1.53 bits per heavy atom. The molecule has 0 amide bonds. The Bertz CT molecular complexity index is 2840. The van der Waals surface area contributed by atoms with Crippen molar-refractivity contribution in [2.75, 3.05) is 51.6 Å². The second-order valence-electron chi connectivity index (χ2n) is 16.9. The lowest BCUT2D eigenvalue weighted by Gasteiger charge is -2.40. The van der Waals surface area contributed by atoms with E-state index in [1.807, 2.05) is 60.7 Å². The third kappa shape index (κ3) is 7.07. The third-order valence-electron chi connectivity index (χ3n) is 13.3. The van der Waals surface area contributed by atoms with Gasteiger partial charge >= 0.3 is 11.9 Å². The van der Waals surface area contributed by atoms with Gasteiger partial charge < -0.3 is 23.8 Å². The predicted octanol–water partition coefficient (Wildman–Crippen LogP) is 7.54. The minimum atomic E-state index is -0.587. The van der Waals surface area contributed by atoms with Gasteiger partial charge in [-0.3, -0.25) is 4.79 Å². The highest BCUT2D eigenvalue weighted by Crippen LogP contribution is 2.50. The Balaban J connectivity index is 1.40. The smallest absolute Gasteiger partial charge is 0.341 e. The molecule has 1 aliphatic carbocycles. The third-order valence-corrected chi connectivity index (χ3v) is 13.8. The van der Waals surface area contributed by atoms with E-state index in [1.165, 1.54) is 51.5 Å². The maximum atomic E-state index is 15.3. The lowest BCUT2D eigenvalue weighted by molar-refractivity contribution is -0.141. The highest BCUT2D eigenvalue weighted by Gasteiger charge is 2.39. The molecule has 314 valence electrons. The highest BCUT2D eigenvalue weighted by atomic mass is 32.1. The number of methoxy groups -OCH3 is 1. The average molecular weight is 844 g/mol. The summed E-state index contributed by atoms with van der Waals surface area (Å²) in [5, 5.41) is 2.52. The van der Waals surface area contributed by atoms with Crippen LogP contribution in [0.3, 0.4) is 0 Å². The van der Waals surface area contributed by atoms with Crippen LogP contribution >= 0.6 is 12.6 Å². The van der Waals surface area contributed by atoms with Gasteiger partial charge in [0.2, 0.25) is 5.36 Å². The fraction of sp³-hybridized carbons (Fsp3) is 0.340. The molecular formula is C53H51N2O6S+. The Morgan fingerprint density at radius 1 is 0.806 bits per heavy atom. The predicted molar refractivity (Wildman–Crippen MR) is 244 cm³/mol. The number of esters is 2. The van der Waals surface area contributed by atoms with Crippen LogP contribution in [0.2, 0.25) is 0 Å². The lowest BCUT2D eigenvalue weighted by atomic mass is 9.72. The van der Waals surface area contributed by atoms with E-state index < -0.39 is 11.9 Å². The lowest BCUT2D eigenvalue weighted by Crippen LogP contribution is -2.46. The number of aryl methyl sites for hydroxylation is 2. The van der Waals surface area contributed by atoms with Crippen LogP contribution in [0.25, 0.3) is 16.7 Å². The van der Waals surface area contributed by atoms with Crippen LogP contribution in [0.4, 0.5) is 5.69 Å². The summed E-state index contributed by atoms with van der Waals surface area (Å²) in [5.74, 6) is 5.54. The average Bonchev–Trinajstić information content (AvgIpc) is 3.30. The topological polar surface area (TPSA) is 77.3 Å². The normalized spacial score (nSPS) is 15.6. The minimum Gasteiger partial charge on any atom is -0.456 e. The number of carbonyl (C=O) groups excluding carboxylic acids is 2. The first-order valence-electron chi connectivity index (χ1n) is 22.1. The molecule has 0 spiro atoms. The standard InChI is InChI=1S/C53H50N2O6S/c1-3-4-27-59-44(56)31-43-47(48(53(57)60-32-58-2)45(33-15-7-5-8-16-33)51(52(43)62)61-36-19-9-6-10-20-36)46-41-28-34-17-11-23-54-25-13-21-37(49(34)54)39(41)30-40-38-22-14-26-55-24-12-18-35(50(38)55)29-42(40)46/h5-10,15-16,19-20,28-29H,11-14,17-18,21-27,30-32H2,1-2H3/p+1. The fourth-order valence-electron chi connectivity index (χ4n) is 10.9. The second kappa shape index (κ2) is 17.2. The maximum Gasteiger partial charge on any atom is 0.341 e. The first-order chi connectivity index (χ1) is 30.4. The minimum absolute atomic E-state index is 0.0506. The van der Waals surface area contributed by atoms with Crippen LogP contribution in [-0.4, -0.2) is 58.6 Å². The number of fused-ring (bicyclic) bond motifs is 4. The van der Waals surface area contributed by atoms with Gasteiger partial charge in [-0.15, -0.1) is 18.5 Å². The maximum absolute atomic E-state index is 15.3. The number of para-hydroxylation sites is 1. The quantitative estimate of drug-likeness (QED) is 0.0503. The van der Waals surface area contributed by atoms with E-state index in [-0.39, 0.29) is 19.8 Å². The number of benzene rings is 5. The summed E-state index contributed by atoms with van der Waals surface area (Å²) in [6.45, 7) is 5.67. The zero-order valence-corrected chi connectivity index (χ0v) is 36.4. The number of ether oxygens (including phenoxy) is 4. The Morgan fingerprint density at radius 3 is 2.31 bits per heavy atom. The summed E-state index contributed by atoms with van der Waals surface area (Å²) >= 11 is 5.38. The van der Waals surface area contributed by atoms with E-state index in [2.05, 4.69) is 33.4 Å². The summed E-state index contributed by atoms with van der Waals surface area (Å²) in [4.78, 5) is 32.6. The Hall–Kier alpha value is -5.82. The second-order valence-corrected chi connectivity index (χ2v) is 17.3. The van der Waals surface area contributed by atoms with E-state index in [0.29, 0.717) is 38.6 Å². The van der Waals surface area contributed by atoms with Crippen LogP contribution in [-0.2, 0) is 57.5 Å². The van der Waals surface area contributed by atoms with Crippen molar-refractivity contribution in [1.82, 2.24) is 4.58 Å². The van der Waals surface area contributed by atoms with Gasteiger partial charge in [0.15, 0.2) is 13.4 Å². The summed E-state index contributed by atoms with van der Waals surface area (Å²) in [6, 6.07) is 24.1. The fourth-order valence-corrected chi connectivity index (χ4v) is 11.2. The summed E-state index contributed by atoms with van der Waals surface area (Å²) < 4.78 is 26.7. The van der Waals surface area contributed by atoms with Crippen molar-refractivity contribution in [2.24, 2.45) is 0 Å². The van der Waals surface area contributed by atoms with Crippen LogP contribution < -0.4 is 24.8 Å². The first-order valence-corrected chi connectivity index (χ1v) is 22.5. The number of thiol groups is 1. The van der Waals surface area contributed by atoms with Crippen molar-refractivity contribution in [3.8, 4) is 34.5 Å². The molecule has 0 N–H and O–H groups in total. The number of hydrogen-bond acceptors (Lipinski definition) is 8. The molecule has 5 aromatic rings. The van der Waals surface area contributed by atoms with Crippen molar-refractivity contribution in [3.63, 3.8) is 0 Å². The van der Waals surface area contributed by atoms with Gasteiger partial charge in [-0.25, -0.2) is 9.37 Å². The van der Waals surface area contributed by atoms with Gasteiger partial charge in [0.25, 0.3) is 0 Å². The van der Waals surface area contributed by atoms with Gasteiger partial charge in [0, 0.05) is 61.0 Å². The molecule has 0 radical (unpaired) electrons. The van der Waals surface area contributed by atoms with Crippen molar-refractivity contribution < 1.29 is 28.5 Å². The van der Waals surface area contributed by atoms with Crippen molar-refractivity contribution in [1.29, 1.82) is 0 Å². The van der Waals surface area contributed by atoms with Gasteiger partial charge in [-0.1, -0.05) is 54.5 Å². The molecule has 0 unspecified atom stereocenters. The molecule has 9 heteroatoms.